The first-order chi connectivity index (χ1) is 13.2. The van der Waals surface area contributed by atoms with E-state index in [1.807, 2.05) is 25.1 Å². The van der Waals surface area contributed by atoms with Crippen LogP contribution < -0.4 is 10.6 Å². The summed E-state index contributed by atoms with van der Waals surface area (Å²) >= 11 is 0. The van der Waals surface area contributed by atoms with Gasteiger partial charge in [-0.3, -0.25) is 4.99 Å². The smallest absolute Gasteiger partial charge is 0.213 e. The van der Waals surface area contributed by atoms with Gasteiger partial charge in [-0.25, -0.2) is 17.1 Å². The number of benzene rings is 1. The molecule has 9 heteroatoms. The number of piperidine rings is 1. The minimum atomic E-state index is -3.12. The predicted octanol–water partition coefficient (Wildman–Crippen LogP) is 1.37. The molecule has 1 fully saturated rings. The molecular formula is C19H32FN5O2S. The zero-order chi connectivity index (χ0) is 20.7. The molecule has 7 nitrogen and oxygen atoms in total. The maximum absolute atomic E-state index is 13.9. The van der Waals surface area contributed by atoms with Gasteiger partial charge in [-0.05, 0) is 51.6 Å². The van der Waals surface area contributed by atoms with Crippen molar-refractivity contribution in [1.82, 2.24) is 19.8 Å². The van der Waals surface area contributed by atoms with Crippen LogP contribution in [0, 0.1) is 5.82 Å². The van der Waals surface area contributed by atoms with Gasteiger partial charge in [0.15, 0.2) is 5.96 Å². The Labute approximate surface area is 168 Å². The zero-order valence-electron chi connectivity index (χ0n) is 17.2. The third-order valence-electron chi connectivity index (χ3n) is 4.83. The first kappa shape index (κ1) is 22.6. The summed E-state index contributed by atoms with van der Waals surface area (Å²) in [5.74, 6) is 0.603. The van der Waals surface area contributed by atoms with Gasteiger partial charge in [-0.15, -0.1) is 0 Å². The first-order valence-corrected chi connectivity index (χ1v) is 11.2. The highest BCUT2D eigenvalue weighted by molar-refractivity contribution is 7.89. The number of nitrogens with zero attached hydrogens (tertiary/aromatic N) is 3. The van der Waals surface area contributed by atoms with E-state index >= 15 is 0 Å². The number of sulfonamides is 1. The molecule has 0 atom stereocenters. The van der Waals surface area contributed by atoms with E-state index in [0.29, 0.717) is 37.7 Å². The Kier molecular flexibility index (Phi) is 8.21. The number of rotatable bonds is 7. The average Bonchev–Trinajstić information content (AvgIpc) is 2.67. The van der Waals surface area contributed by atoms with E-state index in [1.165, 1.54) is 6.07 Å². The molecule has 0 aliphatic carbocycles. The van der Waals surface area contributed by atoms with Gasteiger partial charge in [0.1, 0.15) is 5.82 Å². The molecule has 1 aliphatic heterocycles. The summed E-state index contributed by atoms with van der Waals surface area (Å²) in [4.78, 5) is 6.18. The molecule has 2 rings (SSSR count). The van der Waals surface area contributed by atoms with Crippen molar-refractivity contribution in [2.45, 2.75) is 38.9 Å². The van der Waals surface area contributed by atoms with Gasteiger partial charge in [0, 0.05) is 44.8 Å². The fourth-order valence-electron chi connectivity index (χ4n) is 3.23. The SMILES string of the molecule is CCS(=O)(=O)N1CCC(NC(=NC)NCc2ccc(F)c(CN(C)C)c2)CC1. The number of hydrogen-bond acceptors (Lipinski definition) is 4. The molecule has 0 saturated carbocycles. The van der Waals surface area contributed by atoms with Gasteiger partial charge in [-0.2, -0.15) is 0 Å². The Bertz CT molecular complexity index is 775. The molecule has 0 aromatic heterocycles. The summed E-state index contributed by atoms with van der Waals surface area (Å²) in [6.45, 7) is 3.80. The number of nitrogens with one attached hydrogen (secondary N) is 2. The minimum Gasteiger partial charge on any atom is -0.354 e. The first-order valence-electron chi connectivity index (χ1n) is 9.62. The Morgan fingerprint density at radius 2 is 2.00 bits per heavy atom. The summed E-state index contributed by atoms with van der Waals surface area (Å²) in [7, 11) is 2.41. The van der Waals surface area contributed by atoms with Crippen molar-refractivity contribution >= 4 is 16.0 Å². The van der Waals surface area contributed by atoms with Crippen LogP contribution in [-0.2, 0) is 23.1 Å². The number of hydrogen-bond donors (Lipinski definition) is 2. The van der Waals surface area contributed by atoms with Crippen LogP contribution in [0.1, 0.15) is 30.9 Å². The summed E-state index contributed by atoms with van der Waals surface area (Å²) in [5.41, 5.74) is 1.64. The van der Waals surface area contributed by atoms with Crippen molar-refractivity contribution in [3.8, 4) is 0 Å². The minimum absolute atomic E-state index is 0.141. The molecule has 0 amide bonds. The van der Waals surface area contributed by atoms with E-state index in [9.17, 15) is 12.8 Å². The third kappa shape index (κ3) is 6.42. The quantitative estimate of drug-likeness (QED) is 0.522. The lowest BCUT2D eigenvalue weighted by atomic mass is 10.1. The van der Waals surface area contributed by atoms with Crippen molar-refractivity contribution < 1.29 is 12.8 Å². The summed E-state index contributed by atoms with van der Waals surface area (Å²) in [6, 6.07) is 5.30. The van der Waals surface area contributed by atoms with E-state index in [1.54, 1.807) is 24.3 Å². The Balaban J connectivity index is 1.87. The van der Waals surface area contributed by atoms with Crippen molar-refractivity contribution in [3.63, 3.8) is 0 Å². The van der Waals surface area contributed by atoms with Crippen molar-refractivity contribution in [3.05, 3.63) is 35.1 Å². The zero-order valence-corrected chi connectivity index (χ0v) is 18.0. The van der Waals surface area contributed by atoms with Crippen LogP contribution in [0.5, 0.6) is 0 Å². The molecule has 0 unspecified atom stereocenters. The highest BCUT2D eigenvalue weighted by Gasteiger charge is 2.26. The monoisotopic (exact) mass is 413 g/mol. The van der Waals surface area contributed by atoms with Crippen LogP contribution in [0.4, 0.5) is 4.39 Å². The fraction of sp³-hybridized carbons (Fsp3) is 0.632. The molecular weight excluding hydrogens is 381 g/mol. The van der Waals surface area contributed by atoms with E-state index in [2.05, 4.69) is 15.6 Å². The molecule has 0 bridgehead atoms. The molecule has 1 aromatic rings. The Morgan fingerprint density at radius 1 is 1.32 bits per heavy atom. The molecule has 0 radical (unpaired) electrons. The summed E-state index contributed by atoms with van der Waals surface area (Å²) in [5, 5.41) is 6.62. The molecule has 158 valence electrons. The predicted molar refractivity (Wildman–Crippen MR) is 111 cm³/mol. The van der Waals surface area contributed by atoms with Gasteiger partial charge < -0.3 is 15.5 Å². The molecule has 1 aromatic carbocycles. The topological polar surface area (TPSA) is 77.0 Å². The van der Waals surface area contributed by atoms with Gasteiger partial charge in [0.05, 0.1) is 5.75 Å². The van der Waals surface area contributed by atoms with Gasteiger partial charge in [0.25, 0.3) is 0 Å². The standard InChI is InChI=1S/C19H32FN5O2S/c1-5-28(26,27)25-10-8-17(9-11-25)23-19(21-2)22-13-15-6-7-18(20)16(12-15)14-24(3)4/h6-7,12,17H,5,8-11,13-14H2,1-4H3,(H2,21,22,23). The largest absolute Gasteiger partial charge is 0.354 e. The van der Waals surface area contributed by atoms with E-state index in [0.717, 1.165) is 18.4 Å². The lowest BCUT2D eigenvalue weighted by molar-refractivity contribution is 0.306. The van der Waals surface area contributed by atoms with Crippen molar-refractivity contribution in [2.75, 3.05) is 40.0 Å². The van der Waals surface area contributed by atoms with Crippen LogP contribution in [0.25, 0.3) is 0 Å². The Hall–Kier alpha value is -1.71. The van der Waals surface area contributed by atoms with Crippen LogP contribution >= 0.6 is 0 Å². The number of halogens is 1. The second kappa shape index (κ2) is 10.2. The Morgan fingerprint density at radius 3 is 2.57 bits per heavy atom. The molecule has 28 heavy (non-hydrogen) atoms. The van der Waals surface area contributed by atoms with Gasteiger partial charge >= 0.3 is 0 Å². The van der Waals surface area contributed by atoms with Gasteiger partial charge in [0.2, 0.25) is 10.0 Å². The fourth-order valence-corrected chi connectivity index (χ4v) is 4.37. The number of aliphatic imine (C=N–C) groups is 1. The maximum Gasteiger partial charge on any atom is 0.213 e. The van der Waals surface area contributed by atoms with Crippen LogP contribution in [0.2, 0.25) is 0 Å². The van der Waals surface area contributed by atoms with E-state index in [-0.39, 0.29) is 17.6 Å². The lowest BCUT2D eigenvalue weighted by Gasteiger charge is -2.32. The van der Waals surface area contributed by atoms with Crippen molar-refractivity contribution in [2.24, 2.45) is 4.99 Å². The van der Waals surface area contributed by atoms with Crippen LogP contribution in [0.3, 0.4) is 0 Å². The number of guanidine groups is 1. The van der Waals surface area contributed by atoms with E-state index in [4.69, 9.17) is 0 Å². The normalized spacial score (nSPS) is 17.1. The van der Waals surface area contributed by atoms with Crippen LogP contribution in [0.15, 0.2) is 23.2 Å². The summed E-state index contributed by atoms with van der Waals surface area (Å²) in [6.07, 6.45) is 1.48. The highest BCUT2D eigenvalue weighted by Crippen LogP contribution is 2.15. The van der Waals surface area contributed by atoms with Crippen molar-refractivity contribution in [1.29, 1.82) is 0 Å². The molecule has 1 heterocycles. The molecule has 2 N–H and O–H groups in total. The highest BCUT2D eigenvalue weighted by atomic mass is 32.2. The van der Waals surface area contributed by atoms with E-state index < -0.39 is 10.0 Å². The molecule has 1 saturated heterocycles. The molecule has 1 aliphatic rings. The lowest BCUT2D eigenvalue weighted by Crippen LogP contribution is -2.49. The average molecular weight is 414 g/mol. The maximum atomic E-state index is 13.9. The third-order valence-corrected chi connectivity index (χ3v) is 6.71. The second-order valence-electron chi connectivity index (χ2n) is 7.31. The second-order valence-corrected chi connectivity index (χ2v) is 9.57. The van der Waals surface area contributed by atoms with Gasteiger partial charge in [-0.1, -0.05) is 6.07 Å². The van der Waals surface area contributed by atoms with Crippen LogP contribution in [-0.4, -0.2) is 69.6 Å². The summed E-state index contributed by atoms with van der Waals surface area (Å²) < 4.78 is 39.4. The molecule has 0 spiro atoms.